The zero-order chi connectivity index (χ0) is 19.6. The average Bonchev–Trinajstić information content (AvgIpc) is 2.94. The molecule has 0 aromatic heterocycles. The van der Waals surface area contributed by atoms with Crippen molar-refractivity contribution in [1.82, 2.24) is 0 Å². The Morgan fingerprint density at radius 1 is 1.19 bits per heavy atom. The number of anilines is 2. The summed E-state index contributed by atoms with van der Waals surface area (Å²) in [7, 11) is 0. The minimum Gasteiger partial charge on any atom is -0.465 e. The molecule has 0 bridgehead atoms. The number of benzene rings is 2. The van der Waals surface area contributed by atoms with E-state index >= 15 is 0 Å². The van der Waals surface area contributed by atoms with E-state index in [-0.39, 0.29) is 11.7 Å². The SMILES string of the molecule is CCCN(C(=O)O)c1cccc(C=C2C(=O)Nc3ccc(C(C)=O)cc32)c1. The van der Waals surface area contributed by atoms with Crippen LogP contribution >= 0.6 is 0 Å². The average molecular weight is 364 g/mol. The van der Waals surface area contributed by atoms with Gasteiger partial charge < -0.3 is 10.4 Å². The number of Topliss-reactive ketones (excluding diaryl/α,β-unsaturated/α-hetero) is 1. The fourth-order valence-electron chi connectivity index (χ4n) is 3.06. The summed E-state index contributed by atoms with van der Waals surface area (Å²) in [6, 6.07) is 12.1. The van der Waals surface area contributed by atoms with E-state index in [0.717, 1.165) is 0 Å². The van der Waals surface area contributed by atoms with E-state index in [9.17, 15) is 19.5 Å². The number of amides is 2. The summed E-state index contributed by atoms with van der Waals surface area (Å²) in [5.41, 5.74) is 3.57. The Kier molecular flexibility index (Phi) is 5.07. The lowest BCUT2D eigenvalue weighted by molar-refractivity contribution is -0.110. The number of carbonyl (C=O) groups is 3. The Bertz CT molecular complexity index is 962. The normalized spacial score (nSPS) is 14.0. The molecule has 0 saturated carbocycles. The number of carbonyl (C=O) groups excluding carboxylic acids is 2. The third-order valence-corrected chi connectivity index (χ3v) is 4.38. The van der Waals surface area contributed by atoms with Gasteiger partial charge >= 0.3 is 6.09 Å². The third kappa shape index (κ3) is 3.74. The molecule has 2 N–H and O–H groups in total. The van der Waals surface area contributed by atoms with Gasteiger partial charge in [-0.25, -0.2) is 4.79 Å². The lowest BCUT2D eigenvalue weighted by Crippen LogP contribution is -2.29. The highest BCUT2D eigenvalue weighted by Gasteiger charge is 2.25. The summed E-state index contributed by atoms with van der Waals surface area (Å²) in [6.45, 7) is 3.78. The third-order valence-electron chi connectivity index (χ3n) is 4.38. The van der Waals surface area contributed by atoms with Crippen LogP contribution in [0.1, 0.15) is 41.8 Å². The van der Waals surface area contributed by atoms with Crippen LogP contribution < -0.4 is 10.2 Å². The number of fused-ring (bicyclic) bond motifs is 1. The van der Waals surface area contributed by atoms with Gasteiger partial charge in [0.05, 0.1) is 0 Å². The molecule has 1 aliphatic heterocycles. The number of rotatable bonds is 5. The van der Waals surface area contributed by atoms with Gasteiger partial charge in [0.25, 0.3) is 5.91 Å². The summed E-state index contributed by atoms with van der Waals surface area (Å²) in [6.07, 6.45) is 1.39. The van der Waals surface area contributed by atoms with Crippen LogP contribution in [-0.2, 0) is 4.79 Å². The lowest BCUT2D eigenvalue weighted by atomic mass is 10.00. The standard InChI is InChI=1S/C21H20N2O4/c1-3-9-23(21(26)27)16-6-4-5-14(10-16)11-18-17-12-15(13(2)24)7-8-19(17)22-20(18)25/h4-8,10-12H,3,9H2,1-2H3,(H,22,25)(H,26,27). The van der Waals surface area contributed by atoms with Crippen LogP contribution in [0.4, 0.5) is 16.2 Å². The van der Waals surface area contributed by atoms with Crippen LogP contribution in [-0.4, -0.2) is 29.4 Å². The maximum Gasteiger partial charge on any atom is 0.411 e. The van der Waals surface area contributed by atoms with Crippen molar-refractivity contribution in [1.29, 1.82) is 0 Å². The molecule has 3 rings (SSSR count). The largest absolute Gasteiger partial charge is 0.465 e. The van der Waals surface area contributed by atoms with Crippen LogP contribution in [0.15, 0.2) is 42.5 Å². The molecule has 0 unspecified atom stereocenters. The molecule has 0 fully saturated rings. The summed E-state index contributed by atoms with van der Waals surface area (Å²) in [5.74, 6) is -0.324. The molecular formula is C21H20N2O4. The first-order valence-electron chi connectivity index (χ1n) is 8.69. The first-order chi connectivity index (χ1) is 12.9. The van der Waals surface area contributed by atoms with Gasteiger partial charge in [0, 0.05) is 34.6 Å². The molecule has 138 valence electrons. The lowest BCUT2D eigenvalue weighted by Gasteiger charge is -2.18. The smallest absolute Gasteiger partial charge is 0.411 e. The van der Waals surface area contributed by atoms with E-state index in [2.05, 4.69) is 5.32 Å². The number of hydrogen-bond donors (Lipinski definition) is 2. The molecule has 1 heterocycles. The minimum atomic E-state index is -1.02. The Morgan fingerprint density at radius 3 is 2.63 bits per heavy atom. The van der Waals surface area contributed by atoms with Crippen molar-refractivity contribution in [2.45, 2.75) is 20.3 Å². The van der Waals surface area contributed by atoms with E-state index in [4.69, 9.17) is 0 Å². The van der Waals surface area contributed by atoms with Crippen molar-refractivity contribution in [2.75, 3.05) is 16.8 Å². The van der Waals surface area contributed by atoms with Crippen LogP contribution in [0.5, 0.6) is 0 Å². The van der Waals surface area contributed by atoms with E-state index < -0.39 is 6.09 Å². The first kappa shape index (κ1) is 18.4. The number of hydrogen-bond acceptors (Lipinski definition) is 3. The van der Waals surface area contributed by atoms with Gasteiger partial charge in [-0.15, -0.1) is 0 Å². The Hall–Kier alpha value is -3.41. The molecule has 1 aliphatic rings. The van der Waals surface area contributed by atoms with E-state index in [1.807, 2.05) is 13.0 Å². The fraction of sp³-hybridized carbons (Fsp3) is 0.190. The molecule has 2 aromatic rings. The van der Waals surface area contributed by atoms with E-state index in [1.54, 1.807) is 42.5 Å². The molecule has 0 radical (unpaired) electrons. The van der Waals surface area contributed by atoms with Crippen molar-refractivity contribution in [3.63, 3.8) is 0 Å². The van der Waals surface area contributed by atoms with Crippen molar-refractivity contribution < 1.29 is 19.5 Å². The molecule has 6 nitrogen and oxygen atoms in total. The van der Waals surface area contributed by atoms with Gasteiger partial charge in [0.1, 0.15) is 0 Å². The second kappa shape index (κ2) is 7.45. The summed E-state index contributed by atoms with van der Waals surface area (Å²) in [5, 5.41) is 12.2. The predicted octanol–water partition coefficient (Wildman–Crippen LogP) is 4.28. The van der Waals surface area contributed by atoms with Crippen LogP contribution in [0.2, 0.25) is 0 Å². The highest BCUT2D eigenvalue weighted by atomic mass is 16.4. The van der Waals surface area contributed by atoms with Gasteiger partial charge in [-0.3, -0.25) is 14.5 Å². The molecule has 27 heavy (non-hydrogen) atoms. The van der Waals surface area contributed by atoms with Crippen LogP contribution in [0.3, 0.4) is 0 Å². The Labute approximate surface area is 157 Å². The highest BCUT2D eigenvalue weighted by molar-refractivity contribution is 6.35. The Balaban J connectivity index is 2.02. The van der Waals surface area contributed by atoms with Gasteiger partial charge in [-0.05, 0) is 55.3 Å². The molecule has 0 saturated heterocycles. The number of carboxylic acid groups (broad SMARTS) is 1. The van der Waals surface area contributed by atoms with Crippen molar-refractivity contribution >= 4 is 40.8 Å². The van der Waals surface area contributed by atoms with Gasteiger partial charge in [-0.2, -0.15) is 0 Å². The second-order valence-electron chi connectivity index (χ2n) is 6.36. The Morgan fingerprint density at radius 2 is 1.96 bits per heavy atom. The second-order valence-corrected chi connectivity index (χ2v) is 6.36. The van der Waals surface area contributed by atoms with Crippen molar-refractivity contribution in [3.05, 3.63) is 59.2 Å². The molecule has 0 spiro atoms. The zero-order valence-electron chi connectivity index (χ0n) is 15.2. The maximum absolute atomic E-state index is 12.4. The monoisotopic (exact) mass is 364 g/mol. The molecule has 0 atom stereocenters. The zero-order valence-corrected chi connectivity index (χ0v) is 15.2. The summed E-state index contributed by atoms with van der Waals surface area (Å²) < 4.78 is 0. The summed E-state index contributed by atoms with van der Waals surface area (Å²) in [4.78, 5) is 36.8. The topological polar surface area (TPSA) is 86.7 Å². The number of nitrogens with zero attached hydrogens (tertiary/aromatic N) is 1. The molecular weight excluding hydrogens is 344 g/mol. The van der Waals surface area contributed by atoms with Gasteiger partial charge in [0.15, 0.2) is 5.78 Å². The van der Waals surface area contributed by atoms with E-state index in [0.29, 0.717) is 46.6 Å². The van der Waals surface area contributed by atoms with Gasteiger partial charge in [0.2, 0.25) is 0 Å². The fourth-order valence-corrected chi connectivity index (χ4v) is 3.06. The number of nitrogens with one attached hydrogen (secondary N) is 1. The summed E-state index contributed by atoms with van der Waals surface area (Å²) >= 11 is 0. The predicted molar refractivity (Wildman–Crippen MR) is 105 cm³/mol. The first-order valence-corrected chi connectivity index (χ1v) is 8.69. The van der Waals surface area contributed by atoms with Crippen LogP contribution in [0.25, 0.3) is 11.6 Å². The molecule has 2 aromatic carbocycles. The quantitative estimate of drug-likeness (QED) is 0.612. The number of ketones is 1. The van der Waals surface area contributed by atoms with E-state index in [1.165, 1.54) is 11.8 Å². The minimum absolute atomic E-state index is 0.0739. The molecule has 6 heteroatoms. The molecule has 2 amide bonds. The van der Waals surface area contributed by atoms with Crippen LogP contribution in [0, 0.1) is 0 Å². The van der Waals surface area contributed by atoms with Crippen molar-refractivity contribution in [3.8, 4) is 0 Å². The van der Waals surface area contributed by atoms with Gasteiger partial charge in [-0.1, -0.05) is 19.1 Å². The molecule has 0 aliphatic carbocycles. The maximum atomic E-state index is 12.4. The van der Waals surface area contributed by atoms with Crippen molar-refractivity contribution in [2.24, 2.45) is 0 Å². The highest BCUT2D eigenvalue weighted by Crippen LogP contribution is 2.34.